The van der Waals surface area contributed by atoms with Crippen LogP contribution in [0.15, 0.2) is 48.8 Å². The number of rotatable bonds is 3. The van der Waals surface area contributed by atoms with Gasteiger partial charge in [0.05, 0.1) is 0 Å². The smallest absolute Gasteiger partial charge is 0.244 e. The zero-order valence-electron chi connectivity index (χ0n) is 8.57. The van der Waals surface area contributed by atoms with Crippen molar-refractivity contribution in [2.75, 3.05) is 0 Å². The first-order chi connectivity index (χ1) is 7.52. The standard InChI is InChI=1S/C10H10N2O3S/c1-10(5-3-2-4-6-10)15-16(13,14)12-8-7-11-9-12/h2-3,5-9H,1H3. The Labute approximate surface area is 93.6 Å². The Morgan fingerprint density at radius 3 is 2.88 bits per heavy atom. The SMILES string of the molecule is CC1(OS(=O)(=O)n2ccnc2)C=C=CC=C1. The fourth-order valence-corrected chi connectivity index (χ4v) is 2.27. The lowest BCUT2D eigenvalue weighted by Crippen LogP contribution is -2.30. The predicted molar refractivity (Wildman–Crippen MR) is 57.8 cm³/mol. The summed E-state index contributed by atoms with van der Waals surface area (Å²) >= 11 is 0. The van der Waals surface area contributed by atoms with Crippen molar-refractivity contribution in [2.24, 2.45) is 0 Å². The van der Waals surface area contributed by atoms with Crippen LogP contribution >= 0.6 is 0 Å². The van der Waals surface area contributed by atoms with Gasteiger partial charge in [0.2, 0.25) is 0 Å². The topological polar surface area (TPSA) is 61.2 Å². The lowest BCUT2D eigenvalue weighted by atomic mass is 10.0. The van der Waals surface area contributed by atoms with Crippen molar-refractivity contribution >= 4 is 10.3 Å². The Balaban J connectivity index is 2.29. The Hall–Kier alpha value is -1.62. The molecular formula is C10H10N2O3S. The molecule has 6 heteroatoms. The molecule has 16 heavy (non-hydrogen) atoms. The van der Waals surface area contributed by atoms with E-state index in [4.69, 9.17) is 4.18 Å². The highest BCUT2D eigenvalue weighted by Crippen LogP contribution is 2.20. The molecule has 0 radical (unpaired) electrons. The Bertz CT molecular complexity index is 565. The van der Waals surface area contributed by atoms with Crippen molar-refractivity contribution < 1.29 is 12.6 Å². The summed E-state index contributed by atoms with van der Waals surface area (Å²) in [5, 5.41) is 0. The van der Waals surface area contributed by atoms with Crippen LogP contribution in [-0.4, -0.2) is 23.0 Å². The van der Waals surface area contributed by atoms with Gasteiger partial charge in [0.15, 0.2) is 0 Å². The average Bonchev–Trinajstić information content (AvgIpc) is 2.70. The van der Waals surface area contributed by atoms with Gasteiger partial charge in [-0.25, -0.2) is 13.1 Å². The molecule has 0 aromatic carbocycles. The summed E-state index contributed by atoms with van der Waals surface area (Å²) in [7, 11) is -3.86. The van der Waals surface area contributed by atoms with E-state index in [1.54, 1.807) is 31.2 Å². The summed E-state index contributed by atoms with van der Waals surface area (Å²) in [6.07, 6.45) is 10.4. The first-order valence-electron chi connectivity index (χ1n) is 4.57. The highest BCUT2D eigenvalue weighted by molar-refractivity contribution is 7.85. The van der Waals surface area contributed by atoms with Gasteiger partial charge < -0.3 is 0 Å². The van der Waals surface area contributed by atoms with Crippen LogP contribution in [0, 0.1) is 0 Å². The quantitative estimate of drug-likeness (QED) is 0.738. The zero-order chi connectivity index (χ0) is 11.6. The number of imidazole rings is 1. The molecule has 0 fully saturated rings. The fraction of sp³-hybridized carbons (Fsp3) is 0.200. The number of hydrogen-bond acceptors (Lipinski definition) is 4. The van der Waals surface area contributed by atoms with E-state index in [1.165, 1.54) is 18.7 Å². The predicted octanol–water partition coefficient (Wildman–Crippen LogP) is 1.03. The van der Waals surface area contributed by atoms with Crippen molar-refractivity contribution in [1.82, 2.24) is 8.96 Å². The molecule has 0 saturated heterocycles. The van der Waals surface area contributed by atoms with Gasteiger partial charge in [-0.1, -0.05) is 6.08 Å². The Kier molecular flexibility index (Phi) is 2.55. The summed E-state index contributed by atoms with van der Waals surface area (Å²) in [6.45, 7) is 1.64. The third-order valence-electron chi connectivity index (χ3n) is 2.01. The second kappa shape index (κ2) is 3.75. The second-order valence-electron chi connectivity index (χ2n) is 3.45. The molecule has 0 spiro atoms. The van der Waals surface area contributed by atoms with Gasteiger partial charge in [-0.3, -0.25) is 0 Å². The molecule has 1 aliphatic carbocycles. The number of aromatic nitrogens is 2. The van der Waals surface area contributed by atoms with E-state index in [9.17, 15) is 8.42 Å². The van der Waals surface area contributed by atoms with Gasteiger partial charge in [0, 0.05) is 12.4 Å². The van der Waals surface area contributed by atoms with Gasteiger partial charge >= 0.3 is 10.3 Å². The van der Waals surface area contributed by atoms with Crippen molar-refractivity contribution in [3.05, 3.63) is 48.8 Å². The largest absolute Gasteiger partial charge is 0.368 e. The second-order valence-corrected chi connectivity index (χ2v) is 4.90. The highest BCUT2D eigenvalue weighted by Gasteiger charge is 2.28. The maximum atomic E-state index is 11.8. The van der Waals surface area contributed by atoms with Crippen LogP contribution in [0.5, 0.6) is 0 Å². The van der Waals surface area contributed by atoms with E-state index >= 15 is 0 Å². The van der Waals surface area contributed by atoms with Crippen LogP contribution in [0.1, 0.15) is 6.92 Å². The normalized spacial score (nSPS) is 23.8. The van der Waals surface area contributed by atoms with Crippen molar-refractivity contribution in [3.63, 3.8) is 0 Å². The molecule has 0 N–H and O–H groups in total. The summed E-state index contributed by atoms with van der Waals surface area (Å²) in [5.74, 6) is 0. The van der Waals surface area contributed by atoms with Gasteiger partial charge in [-0.05, 0) is 25.2 Å². The van der Waals surface area contributed by atoms with E-state index in [0.29, 0.717) is 0 Å². The maximum absolute atomic E-state index is 11.8. The molecule has 0 aliphatic heterocycles. The molecule has 1 aliphatic rings. The van der Waals surface area contributed by atoms with Crippen LogP contribution in [0.3, 0.4) is 0 Å². The first-order valence-corrected chi connectivity index (χ1v) is 5.94. The average molecular weight is 238 g/mol. The monoisotopic (exact) mass is 238 g/mol. The lowest BCUT2D eigenvalue weighted by Gasteiger charge is -2.21. The number of nitrogens with zero attached hydrogens (tertiary/aromatic N) is 2. The molecule has 1 aromatic rings. The molecule has 1 aromatic heterocycles. The molecule has 1 atom stereocenters. The fourth-order valence-electron chi connectivity index (χ4n) is 1.26. The molecule has 1 unspecified atom stereocenters. The molecule has 2 rings (SSSR count). The Morgan fingerprint density at radius 1 is 1.50 bits per heavy atom. The summed E-state index contributed by atoms with van der Waals surface area (Å²) in [4.78, 5) is 3.66. The van der Waals surface area contributed by atoms with Crippen molar-refractivity contribution in [3.8, 4) is 0 Å². The minimum absolute atomic E-state index is 0.915. The van der Waals surface area contributed by atoms with Gasteiger partial charge in [0.25, 0.3) is 0 Å². The van der Waals surface area contributed by atoms with Gasteiger partial charge in [-0.15, -0.1) is 5.73 Å². The van der Waals surface area contributed by atoms with E-state index in [2.05, 4.69) is 10.7 Å². The van der Waals surface area contributed by atoms with E-state index in [1.807, 2.05) is 0 Å². The lowest BCUT2D eigenvalue weighted by molar-refractivity contribution is 0.197. The molecule has 0 bridgehead atoms. The summed E-state index contributed by atoms with van der Waals surface area (Å²) in [6, 6.07) is 0. The van der Waals surface area contributed by atoms with Crippen LogP contribution in [0.4, 0.5) is 0 Å². The first kappa shape index (κ1) is 10.9. The van der Waals surface area contributed by atoms with E-state index in [0.717, 1.165) is 3.97 Å². The van der Waals surface area contributed by atoms with Gasteiger partial charge in [0.1, 0.15) is 11.9 Å². The number of hydrogen-bond donors (Lipinski definition) is 0. The maximum Gasteiger partial charge on any atom is 0.368 e. The van der Waals surface area contributed by atoms with Crippen LogP contribution in [0.25, 0.3) is 0 Å². The molecule has 5 nitrogen and oxygen atoms in total. The van der Waals surface area contributed by atoms with E-state index in [-0.39, 0.29) is 0 Å². The zero-order valence-corrected chi connectivity index (χ0v) is 9.39. The van der Waals surface area contributed by atoms with Crippen LogP contribution in [-0.2, 0) is 14.5 Å². The van der Waals surface area contributed by atoms with Crippen LogP contribution in [0.2, 0.25) is 0 Å². The number of allylic oxidation sites excluding steroid dienone is 1. The third kappa shape index (κ3) is 2.14. The summed E-state index contributed by atoms with van der Waals surface area (Å²) < 4.78 is 29.5. The molecular weight excluding hydrogens is 228 g/mol. The van der Waals surface area contributed by atoms with Gasteiger partial charge in [-0.2, -0.15) is 8.42 Å². The molecule has 84 valence electrons. The minimum atomic E-state index is -3.86. The molecule has 0 saturated carbocycles. The summed E-state index contributed by atoms with van der Waals surface area (Å²) in [5.41, 5.74) is 1.79. The highest BCUT2D eigenvalue weighted by atomic mass is 32.2. The van der Waals surface area contributed by atoms with Crippen molar-refractivity contribution in [1.29, 1.82) is 0 Å². The van der Waals surface area contributed by atoms with Crippen molar-refractivity contribution in [2.45, 2.75) is 12.5 Å². The van der Waals surface area contributed by atoms with E-state index < -0.39 is 15.9 Å². The Morgan fingerprint density at radius 2 is 2.31 bits per heavy atom. The minimum Gasteiger partial charge on any atom is -0.244 e. The van der Waals surface area contributed by atoms with Crippen LogP contribution < -0.4 is 0 Å². The third-order valence-corrected chi connectivity index (χ3v) is 3.31. The molecule has 0 amide bonds. The molecule has 1 heterocycles.